The lowest BCUT2D eigenvalue weighted by Crippen LogP contribution is -2.41. The molecule has 0 aliphatic carbocycles. The van der Waals surface area contributed by atoms with Crippen molar-refractivity contribution in [2.45, 2.75) is 50.4 Å². The molecule has 4 nitrogen and oxygen atoms in total. The predicted octanol–water partition coefficient (Wildman–Crippen LogP) is 0.491. The molecule has 0 saturated heterocycles. The Morgan fingerprint density at radius 3 is 1.87 bits per heavy atom. The van der Waals surface area contributed by atoms with Crippen LogP contribution >= 0.6 is 0 Å². The van der Waals surface area contributed by atoms with Gasteiger partial charge < -0.3 is 20.4 Å². The lowest BCUT2D eigenvalue weighted by Gasteiger charge is -2.20. The molecule has 4 N–H and O–H groups in total. The minimum Gasteiger partial charge on any atom is -0.385 e. The largest absolute Gasteiger partial charge is 0.389 e. The van der Waals surface area contributed by atoms with Crippen LogP contribution in [0.15, 0.2) is 0 Å². The third-order valence-corrected chi connectivity index (χ3v) is 1.88. The Kier molecular flexibility index (Phi) is 5.50. The Morgan fingerprint density at radius 1 is 0.933 bits per heavy atom. The van der Waals surface area contributed by atoms with Gasteiger partial charge >= 0.3 is 12.1 Å². The van der Waals surface area contributed by atoms with Crippen molar-refractivity contribution >= 4 is 0 Å². The maximum Gasteiger partial charge on any atom is 0.389 e. The number of aliphatic hydroxyl groups excluding tert-OH is 1. The van der Waals surface area contributed by atoms with Gasteiger partial charge in [-0.3, -0.25) is 0 Å². The van der Waals surface area contributed by atoms with Crippen molar-refractivity contribution in [2.75, 3.05) is 0 Å². The zero-order valence-corrected chi connectivity index (χ0v) is 8.04. The van der Waals surface area contributed by atoms with E-state index in [4.69, 9.17) is 20.4 Å². The molecule has 1 unspecified atom stereocenters. The molecule has 0 aromatic heterocycles. The second-order valence-electron chi connectivity index (χ2n) is 3.42. The van der Waals surface area contributed by atoms with Crippen LogP contribution in [0.4, 0.5) is 13.2 Å². The number of alkyl halides is 3. The van der Waals surface area contributed by atoms with Gasteiger partial charge in [-0.15, -0.1) is 0 Å². The summed E-state index contributed by atoms with van der Waals surface area (Å²) in [6, 6.07) is 0. The summed E-state index contributed by atoms with van der Waals surface area (Å²) < 4.78 is 35.0. The van der Waals surface area contributed by atoms with Gasteiger partial charge in [-0.1, -0.05) is 12.8 Å². The topological polar surface area (TPSA) is 80.9 Å². The first-order chi connectivity index (χ1) is 6.63. The number of unbranched alkanes of at least 4 members (excludes halogenated alkanes) is 2. The Morgan fingerprint density at radius 2 is 1.47 bits per heavy atom. The number of halogens is 3. The van der Waals surface area contributed by atoms with Crippen molar-refractivity contribution in [1.29, 1.82) is 0 Å². The maximum absolute atomic E-state index is 11.7. The van der Waals surface area contributed by atoms with Gasteiger partial charge in [0.2, 0.25) is 0 Å². The van der Waals surface area contributed by atoms with Gasteiger partial charge in [0.15, 0.2) is 0 Å². The van der Waals surface area contributed by atoms with Crippen molar-refractivity contribution in [3.8, 4) is 0 Å². The van der Waals surface area contributed by atoms with Crippen LogP contribution in [0.25, 0.3) is 0 Å². The monoisotopic (exact) mass is 232 g/mol. The standard InChI is InChI=1S/C8H15F3O4/c9-7(10,11)5-3-1-2-4-6(12)8(13,14)15/h6,12-15H,1-5H2. The second kappa shape index (κ2) is 5.64. The van der Waals surface area contributed by atoms with Crippen LogP contribution in [-0.2, 0) is 0 Å². The third-order valence-electron chi connectivity index (χ3n) is 1.88. The van der Waals surface area contributed by atoms with Crippen LogP contribution < -0.4 is 0 Å². The molecule has 0 rings (SSSR count). The summed E-state index contributed by atoms with van der Waals surface area (Å²) in [6.45, 7) is 0. The van der Waals surface area contributed by atoms with Crippen molar-refractivity contribution in [3.05, 3.63) is 0 Å². The molecule has 92 valence electrons. The van der Waals surface area contributed by atoms with E-state index >= 15 is 0 Å². The first-order valence-corrected chi connectivity index (χ1v) is 4.55. The van der Waals surface area contributed by atoms with E-state index in [9.17, 15) is 13.2 Å². The lowest BCUT2D eigenvalue weighted by molar-refractivity contribution is -0.355. The first kappa shape index (κ1) is 14.6. The van der Waals surface area contributed by atoms with Crippen LogP contribution in [0.5, 0.6) is 0 Å². The lowest BCUT2D eigenvalue weighted by atomic mass is 10.1. The smallest absolute Gasteiger partial charge is 0.385 e. The molecule has 0 bridgehead atoms. The predicted molar refractivity (Wildman–Crippen MR) is 44.5 cm³/mol. The summed E-state index contributed by atoms with van der Waals surface area (Å²) in [7, 11) is 0. The summed E-state index contributed by atoms with van der Waals surface area (Å²) in [6.07, 6.45) is -6.71. The summed E-state index contributed by atoms with van der Waals surface area (Å²) in [5.74, 6) is -3.18. The van der Waals surface area contributed by atoms with E-state index < -0.39 is 24.7 Å². The van der Waals surface area contributed by atoms with Gasteiger partial charge in [-0.2, -0.15) is 13.2 Å². The molecule has 0 fully saturated rings. The number of hydrogen-bond donors (Lipinski definition) is 4. The van der Waals surface area contributed by atoms with E-state index in [0.29, 0.717) is 0 Å². The molecule has 15 heavy (non-hydrogen) atoms. The second-order valence-corrected chi connectivity index (χ2v) is 3.42. The summed E-state index contributed by atoms with van der Waals surface area (Å²) in [5.41, 5.74) is 0. The van der Waals surface area contributed by atoms with Crippen molar-refractivity contribution in [3.63, 3.8) is 0 Å². The molecule has 0 radical (unpaired) electrons. The molecular formula is C8H15F3O4. The molecule has 0 amide bonds. The molecular weight excluding hydrogens is 217 g/mol. The SMILES string of the molecule is OC(CCCCCC(F)(F)F)C(O)(O)O. The Balaban J connectivity index is 3.48. The molecule has 0 aromatic rings. The molecule has 0 aromatic carbocycles. The van der Waals surface area contributed by atoms with Crippen LogP contribution in [0.2, 0.25) is 0 Å². The summed E-state index contributed by atoms with van der Waals surface area (Å²) in [4.78, 5) is 0. The fourth-order valence-corrected chi connectivity index (χ4v) is 1.03. The van der Waals surface area contributed by atoms with Gasteiger partial charge in [-0.25, -0.2) is 0 Å². The highest BCUT2D eigenvalue weighted by molar-refractivity contribution is 4.63. The average Bonchev–Trinajstić information content (AvgIpc) is 1.99. The first-order valence-electron chi connectivity index (χ1n) is 4.55. The molecule has 0 aliphatic rings. The molecule has 7 heteroatoms. The molecule has 0 heterocycles. The Bertz CT molecular complexity index is 176. The number of rotatable bonds is 6. The highest BCUT2D eigenvalue weighted by Gasteiger charge is 2.30. The van der Waals surface area contributed by atoms with Crippen molar-refractivity contribution in [2.24, 2.45) is 0 Å². The van der Waals surface area contributed by atoms with E-state index in [1.54, 1.807) is 0 Å². The van der Waals surface area contributed by atoms with E-state index in [0.717, 1.165) is 0 Å². The fraction of sp³-hybridized carbons (Fsp3) is 1.00. The normalized spacial score (nSPS) is 15.4. The molecule has 0 saturated carbocycles. The quantitative estimate of drug-likeness (QED) is 0.397. The minimum atomic E-state index is -4.19. The van der Waals surface area contributed by atoms with Crippen molar-refractivity contribution in [1.82, 2.24) is 0 Å². The third kappa shape index (κ3) is 8.61. The minimum absolute atomic E-state index is 0.0779. The van der Waals surface area contributed by atoms with Gasteiger partial charge in [0.25, 0.3) is 0 Å². The van der Waals surface area contributed by atoms with Gasteiger partial charge in [-0.05, 0) is 12.8 Å². The molecule has 0 aliphatic heterocycles. The van der Waals surface area contributed by atoms with Gasteiger partial charge in [0.05, 0.1) is 0 Å². The highest BCUT2D eigenvalue weighted by atomic mass is 19.4. The van der Waals surface area contributed by atoms with Crippen LogP contribution in [0.1, 0.15) is 32.1 Å². The van der Waals surface area contributed by atoms with E-state index in [2.05, 4.69) is 0 Å². The fourth-order valence-electron chi connectivity index (χ4n) is 1.03. The number of hydrogen-bond acceptors (Lipinski definition) is 4. The average molecular weight is 232 g/mol. The van der Waals surface area contributed by atoms with Crippen molar-refractivity contribution < 1.29 is 33.6 Å². The van der Waals surface area contributed by atoms with Crippen LogP contribution in [0.3, 0.4) is 0 Å². The van der Waals surface area contributed by atoms with E-state index in [1.165, 1.54) is 0 Å². The molecule has 1 atom stereocenters. The summed E-state index contributed by atoms with van der Waals surface area (Å²) >= 11 is 0. The van der Waals surface area contributed by atoms with E-state index in [1.807, 2.05) is 0 Å². The van der Waals surface area contributed by atoms with Gasteiger partial charge in [0, 0.05) is 6.42 Å². The van der Waals surface area contributed by atoms with Crippen LogP contribution in [-0.4, -0.2) is 38.7 Å². The summed E-state index contributed by atoms with van der Waals surface area (Å²) in [5, 5.41) is 34.2. The highest BCUT2D eigenvalue weighted by Crippen LogP contribution is 2.23. The Labute approximate surface area is 85.0 Å². The Hall–Kier alpha value is -0.370. The zero-order valence-electron chi connectivity index (χ0n) is 8.04. The maximum atomic E-state index is 11.7. The van der Waals surface area contributed by atoms with Crippen LogP contribution in [0, 0.1) is 0 Å². The zero-order chi connectivity index (χ0) is 12.1. The number of aliphatic hydroxyl groups is 4. The van der Waals surface area contributed by atoms with Gasteiger partial charge in [0.1, 0.15) is 6.10 Å². The van der Waals surface area contributed by atoms with E-state index in [-0.39, 0.29) is 25.7 Å². The molecule has 0 spiro atoms.